The number of nitrogens with zero attached hydrogens (tertiary/aromatic N) is 1. The maximum Gasteiger partial charge on any atom is 0.104 e. The second kappa shape index (κ2) is 2.90. The number of nitrogens with one attached hydrogen (secondary N) is 1. The molecular formula is C9H9BrN2. The maximum absolute atomic E-state index is 4.32. The van der Waals surface area contributed by atoms with Crippen molar-refractivity contribution in [2.45, 2.75) is 12.3 Å². The number of aromatic nitrogens is 2. The fourth-order valence-corrected chi connectivity index (χ4v) is 1.62. The van der Waals surface area contributed by atoms with Crippen molar-refractivity contribution < 1.29 is 0 Å². The largest absolute Gasteiger partial charge is 0.342 e. The van der Waals surface area contributed by atoms with Gasteiger partial charge in [0.25, 0.3) is 0 Å². The number of rotatable bonds is 1. The van der Waals surface area contributed by atoms with Crippen LogP contribution in [0.4, 0.5) is 0 Å². The van der Waals surface area contributed by atoms with Crippen molar-refractivity contribution >= 4 is 27.0 Å². The van der Waals surface area contributed by atoms with E-state index in [-0.39, 0.29) is 0 Å². The van der Waals surface area contributed by atoms with E-state index < -0.39 is 0 Å². The molecule has 0 amide bonds. The number of aromatic amines is 1. The van der Waals surface area contributed by atoms with Gasteiger partial charge in [0.2, 0.25) is 0 Å². The van der Waals surface area contributed by atoms with Crippen LogP contribution in [-0.4, -0.2) is 9.97 Å². The number of fused-ring (bicyclic) bond motifs is 1. The zero-order chi connectivity index (χ0) is 8.55. The summed E-state index contributed by atoms with van der Waals surface area (Å²) in [7, 11) is 0. The molecular weight excluding hydrogens is 216 g/mol. The molecule has 1 aromatic heterocycles. The van der Waals surface area contributed by atoms with Gasteiger partial charge < -0.3 is 4.98 Å². The lowest BCUT2D eigenvalue weighted by Gasteiger charge is -1.92. The summed E-state index contributed by atoms with van der Waals surface area (Å²) in [4.78, 5) is 7.52. The summed E-state index contributed by atoms with van der Waals surface area (Å²) in [5, 5.41) is 0.890. The normalized spacial score (nSPS) is 10.8. The van der Waals surface area contributed by atoms with Gasteiger partial charge in [-0.2, -0.15) is 0 Å². The molecule has 0 aliphatic rings. The Labute approximate surface area is 79.1 Å². The summed E-state index contributed by atoms with van der Waals surface area (Å²) < 4.78 is 0. The Bertz CT molecular complexity index is 406. The van der Waals surface area contributed by atoms with Gasteiger partial charge in [-0.3, -0.25) is 0 Å². The van der Waals surface area contributed by atoms with Crippen molar-refractivity contribution in [2.24, 2.45) is 0 Å². The van der Waals surface area contributed by atoms with E-state index in [4.69, 9.17) is 0 Å². The molecule has 1 N–H and O–H groups in total. The predicted octanol–water partition coefficient (Wildman–Crippen LogP) is 2.77. The van der Waals surface area contributed by atoms with Gasteiger partial charge in [0.1, 0.15) is 5.82 Å². The number of alkyl halides is 1. The van der Waals surface area contributed by atoms with E-state index in [1.807, 2.05) is 13.0 Å². The molecule has 0 unspecified atom stereocenters. The third-order valence-electron chi connectivity index (χ3n) is 1.82. The van der Waals surface area contributed by atoms with Gasteiger partial charge in [0.15, 0.2) is 0 Å². The zero-order valence-electron chi connectivity index (χ0n) is 6.76. The van der Waals surface area contributed by atoms with Crippen LogP contribution in [-0.2, 0) is 5.33 Å². The van der Waals surface area contributed by atoms with Crippen LogP contribution in [0.5, 0.6) is 0 Å². The number of H-pyrrole nitrogens is 1. The third kappa shape index (κ3) is 1.25. The first-order chi connectivity index (χ1) is 5.79. The summed E-state index contributed by atoms with van der Waals surface area (Å²) in [6, 6.07) is 6.23. The van der Waals surface area contributed by atoms with Crippen LogP contribution in [0.3, 0.4) is 0 Å². The van der Waals surface area contributed by atoms with Gasteiger partial charge in [-0.05, 0) is 24.6 Å². The number of hydrogen-bond acceptors (Lipinski definition) is 1. The second-order valence-electron chi connectivity index (χ2n) is 2.81. The second-order valence-corrected chi connectivity index (χ2v) is 3.37. The molecule has 0 radical (unpaired) electrons. The molecule has 2 rings (SSSR count). The fraction of sp³-hybridized carbons (Fsp3) is 0.222. The average molecular weight is 225 g/mol. The highest BCUT2D eigenvalue weighted by Crippen LogP contribution is 2.14. The van der Waals surface area contributed by atoms with Crippen LogP contribution in [0.25, 0.3) is 11.0 Å². The Morgan fingerprint density at radius 3 is 3.08 bits per heavy atom. The molecule has 12 heavy (non-hydrogen) atoms. The number of imidazole rings is 1. The molecule has 2 aromatic rings. The number of halogens is 1. The van der Waals surface area contributed by atoms with Gasteiger partial charge in [-0.1, -0.05) is 22.0 Å². The van der Waals surface area contributed by atoms with Crippen molar-refractivity contribution in [3.8, 4) is 0 Å². The van der Waals surface area contributed by atoms with E-state index >= 15 is 0 Å². The highest BCUT2D eigenvalue weighted by atomic mass is 79.9. The predicted molar refractivity (Wildman–Crippen MR) is 53.5 cm³/mol. The Morgan fingerprint density at radius 1 is 1.50 bits per heavy atom. The monoisotopic (exact) mass is 224 g/mol. The van der Waals surface area contributed by atoms with E-state index in [1.165, 1.54) is 5.56 Å². The lowest BCUT2D eigenvalue weighted by molar-refractivity contribution is 1.17. The highest BCUT2D eigenvalue weighted by molar-refractivity contribution is 9.08. The summed E-state index contributed by atoms with van der Waals surface area (Å²) in [6.07, 6.45) is 0. The van der Waals surface area contributed by atoms with E-state index in [2.05, 4.69) is 38.0 Å². The minimum Gasteiger partial charge on any atom is -0.342 e. The summed E-state index contributed by atoms with van der Waals surface area (Å²) in [6.45, 7) is 1.97. The number of hydrogen-bond donors (Lipinski definition) is 1. The molecule has 3 heteroatoms. The molecule has 0 fully saturated rings. The molecule has 0 saturated heterocycles. The zero-order valence-corrected chi connectivity index (χ0v) is 8.35. The smallest absolute Gasteiger partial charge is 0.104 e. The molecule has 0 aliphatic heterocycles. The SMILES string of the molecule is Cc1nc2ccc(CBr)cc2[nH]1. The molecule has 0 aliphatic carbocycles. The molecule has 62 valence electrons. The average Bonchev–Trinajstić information content (AvgIpc) is 2.43. The molecule has 0 atom stereocenters. The molecule has 0 bridgehead atoms. The topological polar surface area (TPSA) is 28.7 Å². The Balaban J connectivity index is 2.66. The van der Waals surface area contributed by atoms with E-state index in [1.54, 1.807) is 0 Å². The van der Waals surface area contributed by atoms with Crippen LogP contribution in [0.15, 0.2) is 18.2 Å². The summed E-state index contributed by atoms with van der Waals surface area (Å²) in [5.41, 5.74) is 3.42. The van der Waals surface area contributed by atoms with E-state index in [9.17, 15) is 0 Å². The highest BCUT2D eigenvalue weighted by Gasteiger charge is 1.98. The minimum atomic E-state index is 0.890. The van der Waals surface area contributed by atoms with Crippen molar-refractivity contribution in [1.82, 2.24) is 9.97 Å². The molecule has 0 spiro atoms. The minimum absolute atomic E-state index is 0.890. The molecule has 1 heterocycles. The standard InChI is InChI=1S/C9H9BrN2/c1-6-11-8-3-2-7(5-10)4-9(8)12-6/h2-4H,5H2,1H3,(H,11,12). The van der Waals surface area contributed by atoms with Gasteiger partial charge in [-0.25, -0.2) is 4.98 Å². The van der Waals surface area contributed by atoms with E-state index in [0.29, 0.717) is 0 Å². The lowest BCUT2D eigenvalue weighted by atomic mass is 10.2. The van der Waals surface area contributed by atoms with Crippen molar-refractivity contribution in [3.63, 3.8) is 0 Å². The Kier molecular flexibility index (Phi) is 1.89. The quantitative estimate of drug-likeness (QED) is 0.742. The van der Waals surface area contributed by atoms with Crippen molar-refractivity contribution in [2.75, 3.05) is 0 Å². The van der Waals surface area contributed by atoms with Gasteiger partial charge in [0, 0.05) is 5.33 Å². The Hall–Kier alpha value is -0.830. The number of aryl methyl sites for hydroxylation is 1. The first-order valence-electron chi connectivity index (χ1n) is 3.81. The van der Waals surface area contributed by atoms with Crippen LogP contribution < -0.4 is 0 Å². The van der Waals surface area contributed by atoms with Gasteiger partial charge >= 0.3 is 0 Å². The van der Waals surface area contributed by atoms with Gasteiger partial charge in [-0.15, -0.1) is 0 Å². The molecule has 2 nitrogen and oxygen atoms in total. The van der Waals surface area contributed by atoms with Crippen LogP contribution >= 0.6 is 15.9 Å². The first kappa shape index (κ1) is 7.80. The van der Waals surface area contributed by atoms with Crippen molar-refractivity contribution in [1.29, 1.82) is 0 Å². The van der Waals surface area contributed by atoms with E-state index in [0.717, 1.165) is 22.2 Å². The van der Waals surface area contributed by atoms with Crippen LogP contribution in [0.1, 0.15) is 11.4 Å². The lowest BCUT2D eigenvalue weighted by Crippen LogP contribution is -1.76. The maximum atomic E-state index is 4.32. The Morgan fingerprint density at radius 2 is 2.33 bits per heavy atom. The molecule has 1 aromatic carbocycles. The fourth-order valence-electron chi connectivity index (χ4n) is 1.27. The first-order valence-corrected chi connectivity index (χ1v) is 4.93. The number of benzene rings is 1. The summed E-state index contributed by atoms with van der Waals surface area (Å²) in [5.74, 6) is 0.969. The van der Waals surface area contributed by atoms with Crippen molar-refractivity contribution in [3.05, 3.63) is 29.6 Å². The van der Waals surface area contributed by atoms with Gasteiger partial charge in [0.05, 0.1) is 11.0 Å². The summed E-state index contributed by atoms with van der Waals surface area (Å²) >= 11 is 3.42. The van der Waals surface area contributed by atoms with Crippen LogP contribution in [0, 0.1) is 6.92 Å². The third-order valence-corrected chi connectivity index (χ3v) is 2.47. The molecule has 0 saturated carbocycles. The van der Waals surface area contributed by atoms with Crippen LogP contribution in [0.2, 0.25) is 0 Å².